The highest BCUT2D eigenvalue weighted by Gasteiger charge is 2.39. The minimum atomic E-state index is -1.49. The van der Waals surface area contributed by atoms with Crippen molar-refractivity contribution >= 4 is 28.1 Å². The molecule has 0 spiro atoms. The molecule has 0 saturated carbocycles. The summed E-state index contributed by atoms with van der Waals surface area (Å²) in [6, 6.07) is 21.3. The van der Waals surface area contributed by atoms with E-state index in [1.807, 2.05) is 54.6 Å². The van der Waals surface area contributed by atoms with Gasteiger partial charge in [0.25, 0.3) is 0 Å². The second-order valence-electron chi connectivity index (χ2n) is 9.57. The summed E-state index contributed by atoms with van der Waals surface area (Å²) in [6.07, 6.45) is 2.77. The number of amides is 1. The number of para-hydroxylation sites is 1. The van der Waals surface area contributed by atoms with E-state index in [1.54, 1.807) is 12.1 Å². The molecule has 1 aliphatic heterocycles. The number of aliphatic hydroxyl groups excluding tert-OH is 1. The van der Waals surface area contributed by atoms with Gasteiger partial charge in [0.1, 0.15) is 11.4 Å². The first-order chi connectivity index (χ1) is 17.4. The van der Waals surface area contributed by atoms with Crippen LogP contribution in [0, 0.1) is 5.82 Å². The van der Waals surface area contributed by atoms with Crippen LogP contribution in [0.25, 0.3) is 16.5 Å². The number of aromatic nitrogens is 1. The molecule has 3 N–H and O–H groups in total. The van der Waals surface area contributed by atoms with Gasteiger partial charge >= 0.3 is 0 Å². The molecule has 0 saturated heterocycles. The van der Waals surface area contributed by atoms with Crippen molar-refractivity contribution < 1.29 is 19.4 Å². The van der Waals surface area contributed by atoms with Gasteiger partial charge in [-0.15, -0.1) is 0 Å². The van der Waals surface area contributed by atoms with Crippen molar-refractivity contribution in [2.75, 3.05) is 5.32 Å². The topological polar surface area (TPSA) is 82.5 Å². The first kappa shape index (κ1) is 22.6. The molecule has 1 aliphatic carbocycles. The number of anilines is 1. The summed E-state index contributed by atoms with van der Waals surface area (Å²) < 4.78 is 14.1. The Morgan fingerprint density at radius 1 is 1.03 bits per heavy atom. The van der Waals surface area contributed by atoms with E-state index in [1.165, 1.54) is 12.1 Å². The zero-order valence-corrected chi connectivity index (χ0v) is 19.5. The fraction of sp³-hybridized carbons (Fsp3) is 0.200. The predicted octanol–water partition coefficient (Wildman–Crippen LogP) is 5.41. The number of rotatable bonds is 4. The summed E-state index contributed by atoms with van der Waals surface area (Å²) in [5.41, 5.74) is 4.36. The Labute approximate surface area is 207 Å². The highest BCUT2D eigenvalue weighted by molar-refractivity contribution is 5.94. The number of aryl methyl sites for hydroxylation is 1. The minimum Gasteiger partial charge on any atom is -0.388 e. The molecule has 1 aromatic heterocycles. The molecule has 6 heteroatoms. The van der Waals surface area contributed by atoms with E-state index in [4.69, 9.17) is 4.98 Å². The third-order valence-electron chi connectivity index (χ3n) is 7.23. The second kappa shape index (κ2) is 8.66. The molecule has 0 bridgehead atoms. The van der Waals surface area contributed by atoms with E-state index in [2.05, 4.69) is 5.32 Å². The minimum absolute atomic E-state index is 0.00489. The molecule has 1 amide bonds. The number of halogens is 1. The fourth-order valence-electron chi connectivity index (χ4n) is 5.28. The third-order valence-corrected chi connectivity index (χ3v) is 7.23. The van der Waals surface area contributed by atoms with Crippen LogP contribution in [0.2, 0.25) is 0 Å². The lowest BCUT2D eigenvalue weighted by Crippen LogP contribution is -2.32. The highest BCUT2D eigenvalue weighted by atomic mass is 19.1. The van der Waals surface area contributed by atoms with Crippen LogP contribution in [0.15, 0.2) is 78.9 Å². The smallest absolute Gasteiger partial charge is 0.224 e. The van der Waals surface area contributed by atoms with Crippen LogP contribution in [0.4, 0.5) is 10.1 Å². The largest absolute Gasteiger partial charge is 0.388 e. The first-order valence-corrected chi connectivity index (χ1v) is 12.1. The van der Waals surface area contributed by atoms with E-state index in [0.717, 1.165) is 38.9 Å². The lowest BCUT2D eigenvalue weighted by molar-refractivity contribution is -0.116. The van der Waals surface area contributed by atoms with Crippen molar-refractivity contribution in [2.45, 2.75) is 37.4 Å². The molecule has 6 rings (SSSR count). The van der Waals surface area contributed by atoms with Crippen molar-refractivity contribution in [3.8, 4) is 0 Å². The molecule has 2 atom stereocenters. The third kappa shape index (κ3) is 3.88. The van der Waals surface area contributed by atoms with Crippen LogP contribution in [-0.2, 0) is 16.8 Å². The summed E-state index contributed by atoms with van der Waals surface area (Å²) >= 11 is 0. The molecular weight excluding hydrogens is 455 g/mol. The Bertz CT molecular complexity index is 1550. The number of benzene rings is 3. The van der Waals surface area contributed by atoms with E-state index < -0.39 is 17.5 Å². The van der Waals surface area contributed by atoms with Gasteiger partial charge in [0.05, 0.1) is 17.3 Å². The normalized spacial score (nSPS) is 19.8. The van der Waals surface area contributed by atoms with Crippen molar-refractivity contribution in [1.82, 2.24) is 4.98 Å². The number of nitrogens with one attached hydrogen (secondary N) is 1. The molecule has 36 heavy (non-hydrogen) atoms. The van der Waals surface area contributed by atoms with Gasteiger partial charge in [-0.2, -0.15) is 0 Å². The molecule has 5 nitrogen and oxygen atoms in total. The van der Waals surface area contributed by atoms with Gasteiger partial charge < -0.3 is 15.5 Å². The summed E-state index contributed by atoms with van der Waals surface area (Å²) in [5, 5.41) is 26.8. The van der Waals surface area contributed by atoms with Gasteiger partial charge in [0, 0.05) is 35.9 Å². The standard InChI is InChI=1S/C30H25FN2O3/c31-23-6-3-5-22(17-23)30(36)13-12-18(24-15-19-4-1-2-7-25(19)33-29(24)30)16-27(34)21-8-10-26-20(14-21)9-11-28(35)32-26/h1-8,10,12,14-15,17,27,34,36H,9,11,13,16H2,(H,32,35)/t27-,30?/m1/s1. The maximum absolute atomic E-state index is 14.1. The number of pyridine rings is 1. The molecule has 4 aromatic rings. The molecule has 0 radical (unpaired) electrons. The van der Waals surface area contributed by atoms with Crippen LogP contribution < -0.4 is 5.32 Å². The molecule has 1 unspecified atom stereocenters. The van der Waals surface area contributed by atoms with Gasteiger partial charge in [-0.05, 0) is 59.0 Å². The SMILES string of the molecule is O=C1CCc2cc([C@H](O)CC3=CCC(O)(c4cccc(F)c4)c4nc5ccccc5cc43)ccc2N1. The van der Waals surface area contributed by atoms with E-state index in [9.17, 15) is 19.4 Å². The molecule has 2 aliphatic rings. The molecule has 180 valence electrons. The average Bonchev–Trinajstić information content (AvgIpc) is 2.89. The summed E-state index contributed by atoms with van der Waals surface area (Å²) in [5.74, 6) is -0.415. The number of fused-ring (bicyclic) bond motifs is 3. The summed E-state index contributed by atoms with van der Waals surface area (Å²) in [4.78, 5) is 16.5. The van der Waals surface area contributed by atoms with Gasteiger partial charge in [-0.25, -0.2) is 9.37 Å². The number of nitrogens with zero attached hydrogens (tertiary/aromatic N) is 1. The average molecular weight is 481 g/mol. The van der Waals surface area contributed by atoms with Crippen molar-refractivity contribution in [1.29, 1.82) is 0 Å². The molecule has 2 heterocycles. The number of carbonyl (C=O) groups is 1. The Morgan fingerprint density at radius 2 is 1.89 bits per heavy atom. The van der Waals surface area contributed by atoms with Crippen LogP contribution in [0.5, 0.6) is 0 Å². The Balaban J connectivity index is 1.40. The van der Waals surface area contributed by atoms with Crippen LogP contribution in [0.3, 0.4) is 0 Å². The summed E-state index contributed by atoms with van der Waals surface area (Å²) in [7, 11) is 0. The monoisotopic (exact) mass is 480 g/mol. The van der Waals surface area contributed by atoms with Gasteiger partial charge in [0.15, 0.2) is 0 Å². The van der Waals surface area contributed by atoms with Gasteiger partial charge in [-0.1, -0.05) is 48.5 Å². The number of aliphatic hydroxyl groups is 2. The van der Waals surface area contributed by atoms with E-state index in [-0.39, 0.29) is 12.3 Å². The maximum atomic E-state index is 14.1. The predicted molar refractivity (Wildman–Crippen MR) is 137 cm³/mol. The van der Waals surface area contributed by atoms with Crippen LogP contribution in [-0.4, -0.2) is 21.1 Å². The number of carbonyl (C=O) groups excluding carboxylic acids is 1. The molecular formula is C30H25FN2O3. The Hall–Kier alpha value is -3.87. The highest BCUT2D eigenvalue weighted by Crippen LogP contribution is 2.44. The van der Waals surface area contributed by atoms with Crippen molar-refractivity contribution in [2.24, 2.45) is 0 Å². The number of hydrogen-bond donors (Lipinski definition) is 3. The fourth-order valence-corrected chi connectivity index (χ4v) is 5.28. The van der Waals surface area contributed by atoms with Gasteiger partial charge in [-0.3, -0.25) is 4.79 Å². The molecule has 3 aromatic carbocycles. The number of hydrogen-bond acceptors (Lipinski definition) is 4. The van der Waals surface area contributed by atoms with E-state index in [0.29, 0.717) is 30.5 Å². The lowest BCUT2D eigenvalue weighted by Gasteiger charge is -2.34. The lowest BCUT2D eigenvalue weighted by atomic mass is 9.77. The maximum Gasteiger partial charge on any atom is 0.224 e. The Morgan fingerprint density at radius 3 is 2.75 bits per heavy atom. The molecule has 0 fully saturated rings. The quantitative estimate of drug-likeness (QED) is 0.365. The Kier molecular flexibility index (Phi) is 5.43. The van der Waals surface area contributed by atoms with Crippen molar-refractivity contribution in [3.05, 3.63) is 113 Å². The summed E-state index contributed by atoms with van der Waals surface area (Å²) in [6.45, 7) is 0. The first-order valence-electron chi connectivity index (χ1n) is 12.1. The van der Waals surface area contributed by atoms with Crippen molar-refractivity contribution in [3.63, 3.8) is 0 Å². The zero-order chi connectivity index (χ0) is 24.9. The second-order valence-corrected chi connectivity index (χ2v) is 9.57. The van der Waals surface area contributed by atoms with Gasteiger partial charge in [0.2, 0.25) is 5.91 Å². The van der Waals surface area contributed by atoms with E-state index >= 15 is 0 Å². The van der Waals surface area contributed by atoms with Crippen LogP contribution >= 0.6 is 0 Å². The zero-order valence-electron chi connectivity index (χ0n) is 19.5. The van der Waals surface area contributed by atoms with Crippen LogP contribution in [0.1, 0.15) is 53.3 Å².